The summed E-state index contributed by atoms with van der Waals surface area (Å²) in [5, 5.41) is 5.25. The highest BCUT2D eigenvalue weighted by atomic mass is 31.2. The largest absolute Gasteiger partial charge is 0.456 e. The van der Waals surface area contributed by atoms with Crippen LogP contribution >= 0.6 is 7.44 Å². The Balaban J connectivity index is 1.33. The summed E-state index contributed by atoms with van der Waals surface area (Å²) in [6, 6.07) is 47.6. The van der Waals surface area contributed by atoms with Crippen LogP contribution in [-0.4, -0.2) is 10.6 Å². The van der Waals surface area contributed by atoms with Gasteiger partial charge in [-0.3, -0.25) is 13.9 Å². The molecule has 1 aliphatic heterocycles. The molecule has 238 valence electrons. The third kappa shape index (κ3) is 4.43. The van der Waals surface area contributed by atoms with Gasteiger partial charge in [0, 0.05) is 32.9 Å². The zero-order valence-electron chi connectivity index (χ0n) is 27.3. The molecule has 0 amide bonds. The van der Waals surface area contributed by atoms with Crippen molar-refractivity contribution in [1.82, 2.24) is 4.57 Å². The van der Waals surface area contributed by atoms with E-state index in [-0.39, 0.29) is 6.04 Å². The summed E-state index contributed by atoms with van der Waals surface area (Å²) in [7, 11) is -3.43. The van der Waals surface area contributed by atoms with E-state index < -0.39 is 7.44 Å². The number of aromatic nitrogens is 1. The van der Waals surface area contributed by atoms with Crippen LogP contribution in [0.5, 0.6) is 0 Å². The Morgan fingerprint density at radius 3 is 2.12 bits per heavy atom. The third-order valence-corrected chi connectivity index (χ3v) is 12.7. The van der Waals surface area contributed by atoms with Crippen molar-refractivity contribution in [2.75, 3.05) is 9.34 Å². The van der Waals surface area contributed by atoms with Crippen LogP contribution in [0, 0.1) is 0 Å². The van der Waals surface area contributed by atoms with Crippen molar-refractivity contribution in [3.63, 3.8) is 0 Å². The van der Waals surface area contributed by atoms with E-state index in [1.54, 1.807) is 0 Å². The quantitative estimate of drug-likeness (QED) is 0.132. The predicted molar refractivity (Wildman–Crippen MR) is 206 cm³/mol. The van der Waals surface area contributed by atoms with Gasteiger partial charge in [0.2, 0.25) is 0 Å². The van der Waals surface area contributed by atoms with Gasteiger partial charge in [-0.25, -0.2) is 0 Å². The molecule has 0 saturated heterocycles. The van der Waals surface area contributed by atoms with Gasteiger partial charge >= 0.3 is 0 Å². The first-order chi connectivity index (χ1) is 24.1. The second-order valence-electron chi connectivity index (χ2n) is 12.5. The molecule has 2 unspecified atom stereocenters. The molecule has 6 aromatic carbocycles. The average Bonchev–Trinajstić information content (AvgIpc) is 3.76. The molecule has 9 rings (SSSR count). The van der Waals surface area contributed by atoms with Crippen molar-refractivity contribution >= 4 is 73.6 Å². The smallest absolute Gasteiger partial charge is 0.297 e. The summed E-state index contributed by atoms with van der Waals surface area (Å²) in [6.45, 7) is 4.12. The summed E-state index contributed by atoms with van der Waals surface area (Å²) in [6.07, 6.45) is 8.18. The summed E-state index contributed by atoms with van der Waals surface area (Å²) in [5.74, 6) is 0. The van der Waals surface area contributed by atoms with Crippen molar-refractivity contribution in [3.05, 3.63) is 164 Å². The lowest BCUT2D eigenvalue weighted by Gasteiger charge is -2.35. The molecular weight excluding hydrogens is 621 g/mol. The van der Waals surface area contributed by atoms with Gasteiger partial charge in [0.05, 0.1) is 33.8 Å². The molecular formula is C43H34N3O2P. The Kier molecular flexibility index (Phi) is 6.86. The molecule has 49 heavy (non-hydrogen) atoms. The predicted octanol–water partition coefficient (Wildman–Crippen LogP) is 11.7. The number of nitrogens with zero attached hydrogens (tertiary/aromatic N) is 3. The zero-order valence-corrected chi connectivity index (χ0v) is 28.2. The minimum atomic E-state index is -3.43. The molecule has 0 bridgehead atoms. The maximum atomic E-state index is 16.1. The Hall–Kier alpha value is -5.77. The molecule has 5 nitrogen and oxygen atoms in total. The van der Waals surface area contributed by atoms with Crippen LogP contribution in [0.3, 0.4) is 0 Å². The van der Waals surface area contributed by atoms with Gasteiger partial charge in [-0.05, 0) is 80.6 Å². The zero-order chi connectivity index (χ0) is 33.1. The van der Waals surface area contributed by atoms with Gasteiger partial charge in [0.15, 0.2) is 0 Å². The molecule has 2 aromatic heterocycles. The Morgan fingerprint density at radius 2 is 1.33 bits per heavy atom. The van der Waals surface area contributed by atoms with Gasteiger partial charge in [0.1, 0.15) is 11.2 Å². The Bertz CT molecular complexity index is 2640. The van der Waals surface area contributed by atoms with Crippen LogP contribution in [0.15, 0.2) is 168 Å². The highest BCUT2D eigenvalue weighted by Gasteiger charge is 2.49. The van der Waals surface area contributed by atoms with E-state index in [0.717, 1.165) is 71.8 Å². The van der Waals surface area contributed by atoms with Crippen molar-refractivity contribution in [2.45, 2.75) is 19.9 Å². The van der Waals surface area contributed by atoms with E-state index in [0.29, 0.717) is 0 Å². The number of hydrogen-bond donors (Lipinski definition) is 0. The highest BCUT2D eigenvalue weighted by molar-refractivity contribution is 7.75. The monoisotopic (exact) mass is 655 g/mol. The molecule has 2 atom stereocenters. The van der Waals surface area contributed by atoms with Crippen molar-refractivity contribution in [3.8, 4) is 5.69 Å². The van der Waals surface area contributed by atoms with Crippen LogP contribution in [0.2, 0.25) is 0 Å². The number of rotatable bonds is 6. The second kappa shape index (κ2) is 11.4. The van der Waals surface area contributed by atoms with E-state index >= 15 is 4.57 Å². The van der Waals surface area contributed by atoms with E-state index in [1.807, 2.05) is 85.8 Å². The fraction of sp³-hybridized carbons (Fsp3) is 0.0698. The van der Waals surface area contributed by atoms with Crippen LogP contribution in [0.1, 0.15) is 13.8 Å². The van der Waals surface area contributed by atoms with Gasteiger partial charge in [-0.15, -0.1) is 0 Å². The maximum Gasteiger partial charge on any atom is 0.297 e. The van der Waals surface area contributed by atoms with Gasteiger partial charge < -0.3 is 8.98 Å². The molecule has 6 heteroatoms. The molecule has 0 radical (unpaired) electrons. The van der Waals surface area contributed by atoms with Crippen molar-refractivity contribution < 1.29 is 8.98 Å². The maximum absolute atomic E-state index is 16.1. The first kappa shape index (κ1) is 29.4. The first-order valence-corrected chi connectivity index (χ1v) is 18.3. The van der Waals surface area contributed by atoms with E-state index in [4.69, 9.17) is 4.42 Å². The highest BCUT2D eigenvalue weighted by Crippen LogP contribution is 2.68. The SMILES string of the molecule is C/C=C\C=C/C(C)N1c2ccc(-n3c4ccccc4c4cc5oc6ccccc6c5cc43)cc2N(c2ccccc2)P1(=O)c1ccccc1. The van der Waals surface area contributed by atoms with E-state index in [2.05, 4.69) is 106 Å². The van der Waals surface area contributed by atoms with E-state index in [1.165, 1.54) is 0 Å². The number of allylic oxidation sites excluding steroid dienone is 3. The standard InChI is InChI=1S/C43H34N3O2P/c1-3-4-7-16-30(2)45-39-26-25-32(27-41(39)46(31-17-8-5-9-18-31)49(45,47)33-19-10-6-11-20-33)44-38-23-14-12-21-34(38)36-29-43-37(28-40(36)44)35-22-13-15-24-42(35)48-43/h3-30H,1-2H3/b4-3-,16-7-. The second-order valence-corrected chi connectivity index (χ2v) is 14.9. The minimum absolute atomic E-state index is 0.156. The summed E-state index contributed by atoms with van der Waals surface area (Å²) in [5.41, 5.74) is 7.67. The van der Waals surface area contributed by atoms with E-state index in [9.17, 15) is 0 Å². The molecule has 3 heterocycles. The molecule has 0 fully saturated rings. The molecule has 8 aromatic rings. The normalized spacial score (nSPS) is 17.0. The van der Waals surface area contributed by atoms with Crippen molar-refractivity contribution in [2.24, 2.45) is 0 Å². The number of anilines is 3. The lowest BCUT2D eigenvalue weighted by Crippen LogP contribution is -2.34. The molecule has 0 saturated carbocycles. The Labute approximate surface area is 285 Å². The van der Waals surface area contributed by atoms with Crippen LogP contribution in [0.4, 0.5) is 17.1 Å². The molecule has 1 aliphatic rings. The lowest BCUT2D eigenvalue weighted by atomic mass is 10.1. The fourth-order valence-electron chi connectivity index (χ4n) is 7.48. The third-order valence-electron chi connectivity index (χ3n) is 9.60. The minimum Gasteiger partial charge on any atom is -0.456 e. The van der Waals surface area contributed by atoms with Crippen LogP contribution in [-0.2, 0) is 4.57 Å². The number of benzene rings is 6. The topological polar surface area (TPSA) is 41.6 Å². The first-order valence-electron chi connectivity index (χ1n) is 16.7. The summed E-state index contributed by atoms with van der Waals surface area (Å²) < 4.78 is 28.9. The van der Waals surface area contributed by atoms with Crippen LogP contribution < -0.4 is 14.6 Å². The average molecular weight is 656 g/mol. The fourth-order valence-corrected chi connectivity index (χ4v) is 10.6. The number of para-hydroxylation sites is 3. The lowest BCUT2D eigenvalue weighted by molar-refractivity contribution is 0.577. The van der Waals surface area contributed by atoms with Gasteiger partial charge in [-0.1, -0.05) is 97.1 Å². The number of furan rings is 1. The van der Waals surface area contributed by atoms with Crippen LogP contribution in [0.25, 0.3) is 49.4 Å². The molecule has 0 spiro atoms. The summed E-state index contributed by atoms with van der Waals surface area (Å²) in [4.78, 5) is 0. The van der Waals surface area contributed by atoms with Crippen molar-refractivity contribution in [1.29, 1.82) is 0 Å². The summed E-state index contributed by atoms with van der Waals surface area (Å²) >= 11 is 0. The number of hydrogen-bond acceptors (Lipinski definition) is 2. The van der Waals surface area contributed by atoms with Gasteiger partial charge in [-0.2, -0.15) is 0 Å². The Morgan fingerprint density at radius 1 is 0.612 bits per heavy atom. The molecule has 0 aliphatic carbocycles. The van der Waals surface area contributed by atoms with Gasteiger partial charge in [0.25, 0.3) is 7.44 Å². The molecule has 0 N–H and O–H groups in total. The number of fused-ring (bicyclic) bond motifs is 7.